The monoisotopic (exact) mass is 325 g/mol. The van der Waals surface area contributed by atoms with Crippen LogP contribution >= 0.6 is 11.3 Å². The van der Waals surface area contributed by atoms with Crippen LogP contribution in [0.5, 0.6) is 0 Å². The minimum Gasteiger partial charge on any atom is -0.504 e. The second kappa shape index (κ2) is 6.58. The van der Waals surface area contributed by atoms with Gasteiger partial charge in [-0.3, -0.25) is 9.89 Å². The van der Waals surface area contributed by atoms with Crippen molar-refractivity contribution in [1.29, 1.82) is 0 Å². The van der Waals surface area contributed by atoms with Crippen LogP contribution in [0.1, 0.15) is 32.2 Å². The summed E-state index contributed by atoms with van der Waals surface area (Å²) in [6.07, 6.45) is 3.19. The molecule has 0 bridgehead atoms. The van der Waals surface area contributed by atoms with Gasteiger partial charge in [0.15, 0.2) is 11.5 Å². The Balaban J connectivity index is 1.81. The number of nitrogens with zero attached hydrogens (tertiary/aromatic N) is 2. The molecule has 0 saturated carbocycles. The lowest BCUT2D eigenvalue weighted by Gasteiger charge is -2.03. The molecule has 0 amide bonds. The van der Waals surface area contributed by atoms with Crippen LogP contribution in [0.2, 0.25) is 0 Å². The number of nitrogens with one attached hydrogen (secondary N) is 1. The van der Waals surface area contributed by atoms with E-state index in [-0.39, 0.29) is 17.4 Å². The summed E-state index contributed by atoms with van der Waals surface area (Å²) in [4.78, 5) is 16.8. The first-order valence-corrected chi connectivity index (χ1v) is 7.94. The third-order valence-electron chi connectivity index (χ3n) is 3.40. The minimum absolute atomic E-state index is 0.106. The molecule has 0 spiro atoms. The summed E-state index contributed by atoms with van der Waals surface area (Å²) in [5.74, 6) is -0.384. The molecule has 1 aromatic carbocycles. The number of rotatable bonds is 5. The zero-order valence-corrected chi connectivity index (χ0v) is 13.3. The van der Waals surface area contributed by atoms with E-state index in [4.69, 9.17) is 0 Å². The minimum atomic E-state index is -0.246. The lowest BCUT2D eigenvalue weighted by Crippen LogP contribution is -1.99. The van der Waals surface area contributed by atoms with Crippen molar-refractivity contribution < 1.29 is 9.90 Å². The number of carbonyl (C=O) groups is 1. The van der Waals surface area contributed by atoms with E-state index in [0.29, 0.717) is 11.3 Å². The van der Waals surface area contributed by atoms with Crippen molar-refractivity contribution in [2.24, 2.45) is 0 Å². The molecule has 6 heteroatoms. The smallest absolute Gasteiger partial charge is 0.215 e. The molecule has 0 aliphatic rings. The molecular formula is C17H15N3O2S. The highest BCUT2D eigenvalue weighted by atomic mass is 32.1. The molecule has 3 rings (SSSR count). The number of thiophene rings is 1. The summed E-state index contributed by atoms with van der Waals surface area (Å²) < 4.78 is 0. The first kappa shape index (κ1) is 15.2. The number of aromatic amines is 1. The Bertz CT molecular complexity index is 833. The summed E-state index contributed by atoms with van der Waals surface area (Å²) in [5.41, 5.74) is 3.29. The Morgan fingerprint density at radius 1 is 1.30 bits per heavy atom. The number of aromatic nitrogens is 3. The second-order valence-electron chi connectivity index (χ2n) is 5.15. The summed E-state index contributed by atoms with van der Waals surface area (Å²) in [7, 11) is 0. The van der Waals surface area contributed by atoms with Crippen LogP contribution in [-0.4, -0.2) is 26.1 Å². The van der Waals surface area contributed by atoms with Gasteiger partial charge in [-0.15, -0.1) is 11.3 Å². The molecule has 0 aliphatic carbocycles. The summed E-state index contributed by atoms with van der Waals surface area (Å²) in [6.45, 7) is 2.04. The van der Waals surface area contributed by atoms with E-state index in [9.17, 15) is 9.90 Å². The van der Waals surface area contributed by atoms with Gasteiger partial charge in [0.1, 0.15) is 6.33 Å². The summed E-state index contributed by atoms with van der Waals surface area (Å²) in [5, 5.41) is 18.0. The summed E-state index contributed by atoms with van der Waals surface area (Å²) in [6, 6.07) is 10.2. The van der Waals surface area contributed by atoms with Gasteiger partial charge in [0.25, 0.3) is 0 Å². The zero-order valence-electron chi connectivity index (χ0n) is 12.5. The number of carbonyl (C=O) groups excluding carboxylic acids is 1. The van der Waals surface area contributed by atoms with Crippen molar-refractivity contribution >= 4 is 22.9 Å². The van der Waals surface area contributed by atoms with Gasteiger partial charge >= 0.3 is 0 Å². The first-order valence-electron chi connectivity index (χ1n) is 7.06. The van der Waals surface area contributed by atoms with Gasteiger partial charge in [-0.2, -0.15) is 5.10 Å². The molecule has 0 aliphatic heterocycles. The predicted octanol–water partition coefficient (Wildman–Crippen LogP) is 3.55. The molecule has 2 heterocycles. The molecule has 5 nitrogen and oxygen atoms in total. The molecule has 0 radical (unpaired) electrons. The lowest BCUT2D eigenvalue weighted by atomic mass is 10.0. The number of aryl methyl sites for hydroxylation is 1. The van der Waals surface area contributed by atoms with Crippen molar-refractivity contribution in [3.05, 3.63) is 75.5 Å². The number of hydrogen-bond donors (Lipinski definition) is 2. The van der Waals surface area contributed by atoms with Gasteiger partial charge in [0.2, 0.25) is 5.82 Å². The van der Waals surface area contributed by atoms with E-state index in [1.165, 1.54) is 23.2 Å². The largest absolute Gasteiger partial charge is 0.504 e. The second-order valence-corrected chi connectivity index (χ2v) is 6.07. The van der Waals surface area contributed by atoms with Crippen molar-refractivity contribution in [3.63, 3.8) is 0 Å². The van der Waals surface area contributed by atoms with Crippen molar-refractivity contribution in [1.82, 2.24) is 15.2 Å². The number of hydrogen-bond acceptors (Lipinski definition) is 5. The Kier molecular flexibility index (Phi) is 4.34. The van der Waals surface area contributed by atoms with E-state index >= 15 is 0 Å². The van der Waals surface area contributed by atoms with Gasteiger partial charge < -0.3 is 5.11 Å². The maximum atomic E-state index is 12.4. The van der Waals surface area contributed by atoms with Crippen LogP contribution in [0.25, 0.3) is 5.76 Å². The quantitative estimate of drug-likeness (QED) is 0.427. The highest BCUT2D eigenvalue weighted by Crippen LogP contribution is 2.22. The first-order chi connectivity index (χ1) is 11.1. The molecule has 0 atom stereocenters. The molecule has 0 fully saturated rings. The van der Waals surface area contributed by atoms with Crippen LogP contribution < -0.4 is 0 Å². The Labute approximate surface area is 137 Å². The van der Waals surface area contributed by atoms with Crippen molar-refractivity contribution in [2.45, 2.75) is 13.3 Å². The molecule has 23 heavy (non-hydrogen) atoms. The zero-order chi connectivity index (χ0) is 16.2. The number of ketones is 1. The molecule has 0 saturated heterocycles. The van der Waals surface area contributed by atoms with E-state index in [2.05, 4.69) is 39.4 Å². The Morgan fingerprint density at radius 3 is 2.78 bits per heavy atom. The van der Waals surface area contributed by atoms with E-state index in [1.807, 2.05) is 18.4 Å². The average molecular weight is 325 g/mol. The average Bonchev–Trinajstić information content (AvgIpc) is 3.20. The van der Waals surface area contributed by atoms with Crippen molar-refractivity contribution in [2.75, 3.05) is 0 Å². The third kappa shape index (κ3) is 3.54. The standard InChI is InChI=1S/C17H15N3O2S/c1-11-2-4-12(5-3-11)8-13-6-7-23-16(13)14(21)9-15(22)17-18-10-19-20-17/h2-7,9-10,22H,8H2,1H3,(H,18,19,20). The Hall–Kier alpha value is -2.73. The number of H-pyrrole nitrogens is 1. The van der Waals surface area contributed by atoms with Gasteiger partial charge in [-0.05, 0) is 35.9 Å². The predicted molar refractivity (Wildman–Crippen MR) is 89.6 cm³/mol. The van der Waals surface area contributed by atoms with Crippen LogP contribution in [0.4, 0.5) is 0 Å². The maximum Gasteiger partial charge on any atom is 0.215 e. The molecule has 116 valence electrons. The highest BCUT2D eigenvalue weighted by Gasteiger charge is 2.14. The molecule has 3 aromatic rings. The van der Waals surface area contributed by atoms with Crippen LogP contribution in [0, 0.1) is 6.92 Å². The van der Waals surface area contributed by atoms with E-state index in [1.54, 1.807) is 0 Å². The topological polar surface area (TPSA) is 78.9 Å². The fourth-order valence-electron chi connectivity index (χ4n) is 2.20. The lowest BCUT2D eigenvalue weighted by molar-refractivity contribution is 0.104. The van der Waals surface area contributed by atoms with Crippen LogP contribution in [0.15, 0.2) is 48.1 Å². The van der Waals surface area contributed by atoms with Gasteiger partial charge in [-0.1, -0.05) is 29.8 Å². The van der Waals surface area contributed by atoms with Gasteiger partial charge in [0, 0.05) is 6.08 Å². The number of allylic oxidation sites excluding steroid dienone is 1. The third-order valence-corrected chi connectivity index (χ3v) is 4.37. The molecular weight excluding hydrogens is 310 g/mol. The number of benzene rings is 1. The van der Waals surface area contributed by atoms with Crippen LogP contribution in [-0.2, 0) is 6.42 Å². The van der Waals surface area contributed by atoms with Gasteiger partial charge in [0.05, 0.1) is 4.88 Å². The summed E-state index contributed by atoms with van der Waals surface area (Å²) >= 11 is 1.37. The number of aliphatic hydroxyl groups is 1. The fourth-order valence-corrected chi connectivity index (χ4v) is 3.04. The van der Waals surface area contributed by atoms with E-state index < -0.39 is 0 Å². The fraction of sp³-hybridized carbons (Fsp3) is 0.118. The SMILES string of the molecule is Cc1ccc(Cc2ccsc2C(=O)C=C(O)c2nc[nH]n2)cc1. The maximum absolute atomic E-state index is 12.4. The normalized spacial score (nSPS) is 11.6. The molecule has 2 N–H and O–H groups in total. The van der Waals surface area contributed by atoms with Crippen LogP contribution in [0.3, 0.4) is 0 Å². The number of aliphatic hydroxyl groups excluding tert-OH is 1. The van der Waals surface area contributed by atoms with E-state index in [0.717, 1.165) is 17.2 Å². The Morgan fingerprint density at radius 2 is 2.09 bits per heavy atom. The highest BCUT2D eigenvalue weighted by molar-refractivity contribution is 7.12. The van der Waals surface area contributed by atoms with Gasteiger partial charge in [-0.25, -0.2) is 4.98 Å². The van der Waals surface area contributed by atoms with Crippen molar-refractivity contribution in [3.8, 4) is 0 Å². The molecule has 2 aromatic heterocycles. The molecule has 0 unspecified atom stereocenters.